The molecule has 1 atom stereocenters. The lowest BCUT2D eigenvalue weighted by atomic mass is 10.2. The van der Waals surface area contributed by atoms with Crippen molar-refractivity contribution in [2.75, 3.05) is 26.9 Å². The lowest BCUT2D eigenvalue weighted by molar-refractivity contribution is 0.110. The van der Waals surface area contributed by atoms with Crippen LogP contribution in [0.15, 0.2) is 12.3 Å². The normalized spacial score (nSPS) is 19.3. The maximum absolute atomic E-state index is 5.60. The van der Waals surface area contributed by atoms with Crippen LogP contribution in [0.5, 0.6) is 0 Å². The van der Waals surface area contributed by atoms with E-state index in [1.807, 2.05) is 12.3 Å². The second-order valence-corrected chi connectivity index (χ2v) is 4.47. The summed E-state index contributed by atoms with van der Waals surface area (Å²) in [5.41, 5.74) is 1.02. The van der Waals surface area contributed by atoms with Gasteiger partial charge < -0.3 is 14.8 Å². The molecular weight excluding hydrogens is 230 g/mol. The standard InChI is InChI=1S/C13H21N3O2/c1-17-8-6-14-10-11-4-5-15-13(16-11)9-12-3-2-7-18-12/h4-5,12,14H,2-3,6-10H2,1H3. The first-order valence-electron chi connectivity index (χ1n) is 6.50. The molecule has 0 saturated carbocycles. The highest BCUT2D eigenvalue weighted by Crippen LogP contribution is 2.15. The van der Waals surface area contributed by atoms with Crippen molar-refractivity contribution in [1.29, 1.82) is 0 Å². The van der Waals surface area contributed by atoms with Gasteiger partial charge in [-0.25, -0.2) is 9.97 Å². The fraction of sp³-hybridized carbons (Fsp3) is 0.692. The smallest absolute Gasteiger partial charge is 0.131 e. The van der Waals surface area contributed by atoms with Crippen molar-refractivity contribution in [3.05, 3.63) is 23.8 Å². The van der Waals surface area contributed by atoms with Gasteiger partial charge in [-0.05, 0) is 18.9 Å². The highest BCUT2D eigenvalue weighted by Gasteiger charge is 2.17. The summed E-state index contributed by atoms with van der Waals surface area (Å²) in [6.07, 6.45) is 5.24. The Bertz CT molecular complexity index is 354. The summed E-state index contributed by atoms with van der Waals surface area (Å²) >= 11 is 0. The zero-order chi connectivity index (χ0) is 12.6. The first kappa shape index (κ1) is 13.4. The number of methoxy groups -OCH3 is 1. The highest BCUT2D eigenvalue weighted by atomic mass is 16.5. The molecule has 1 aromatic heterocycles. The van der Waals surface area contributed by atoms with Gasteiger partial charge in [0.05, 0.1) is 18.4 Å². The first-order chi connectivity index (χ1) is 8.88. The van der Waals surface area contributed by atoms with E-state index < -0.39 is 0 Å². The third-order valence-corrected chi connectivity index (χ3v) is 2.99. The fourth-order valence-corrected chi connectivity index (χ4v) is 2.04. The molecule has 0 spiro atoms. The van der Waals surface area contributed by atoms with E-state index in [0.717, 1.165) is 50.5 Å². The van der Waals surface area contributed by atoms with Gasteiger partial charge in [0.15, 0.2) is 0 Å². The van der Waals surface area contributed by atoms with Crippen molar-refractivity contribution in [2.24, 2.45) is 0 Å². The van der Waals surface area contributed by atoms with Crippen molar-refractivity contribution >= 4 is 0 Å². The number of rotatable bonds is 7. The number of nitrogens with one attached hydrogen (secondary N) is 1. The number of ether oxygens (including phenoxy) is 2. The quantitative estimate of drug-likeness (QED) is 0.731. The Morgan fingerprint density at radius 2 is 2.50 bits per heavy atom. The Balaban J connectivity index is 1.80. The van der Waals surface area contributed by atoms with Gasteiger partial charge in [0, 0.05) is 39.4 Å². The molecule has 1 aliphatic rings. The van der Waals surface area contributed by atoms with Crippen molar-refractivity contribution in [3.8, 4) is 0 Å². The van der Waals surface area contributed by atoms with Gasteiger partial charge in [-0.2, -0.15) is 0 Å². The molecule has 2 heterocycles. The molecule has 18 heavy (non-hydrogen) atoms. The third kappa shape index (κ3) is 4.33. The summed E-state index contributed by atoms with van der Waals surface area (Å²) in [5, 5.41) is 3.28. The summed E-state index contributed by atoms with van der Waals surface area (Å²) < 4.78 is 10.6. The van der Waals surface area contributed by atoms with Gasteiger partial charge in [0.1, 0.15) is 5.82 Å². The molecule has 1 saturated heterocycles. The third-order valence-electron chi connectivity index (χ3n) is 2.99. The molecule has 5 heteroatoms. The molecule has 0 aliphatic carbocycles. The lowest BCUT2D eigenvalue weighted by Crippen LogP contribution is -2.20. The second kappa shape index (κ2) is 7.41. The lowest BCUT2D eigenvalue weighted by Gasteiger charge is -2.09. The Kier molecular flexibility index (Phi) is 5.51. The summed E-state index contributed by atoms with van der Waals surface area (Å²) in [4.78, 5) is 8.84. The van der Waals surface area contributed by atoms with Crippen LogP contribution >= 0.6 is 0 Å². The van der Waals surface area contributed by atoms with Crippen LogP contribution < -0.4 is 5.32 Å². The molecule has 1 unspecified atom stereocenters. The van der Waals surface area contributed by atoms with Crippen LogP contribution in [-0.4, -0.2) is 42.9 Å². The van der Waals surface area contributed by atoms with Crippen LogP contribution in [0.2, 0.25) is 0 Å². The van der Waals surface area contributed by atoms with E-state index in [9.17, 15) is 0 Å². The minimum absolute atomic E-state index is 0.307. The van der Waals surface area contributed by atoms with Gasteiger partial charge in [-0.1, -0.05) is 0 Å². The summed E-state index contributed by atoms with van der Waals surface area (Å²) in [6, 6.07) is 1.94. The van der Waals surface area contributed by atoms with Crippen LogP contribution in [0.3, 0.4) is 0 Å². The number of nitrogens with zero attached hydrogens (tertiary/aromatic N) is 2. The molecular formula is C13H21N3O2. The number of hydrogen-bond acceptors (Lipinski definition) is 5. The molecule has 5 nitrogen and oxygen atoms in total. The molecule has 0 bridgehead atoms. The average Bonchev–Trinajstić information content (AvgIpc) is 2.88. The van der Waals surface area contributed by atoms with Crippen LogP contribution in [0.1, 0.15) is 24.4 Å². The highest BCUT2D eigenvalue weighted by molar-refractivity contribution is 5.03. The average molecular weight is 251 g/mol. The summed E-state index contributed by atoms with van der Waals surface area (Å²) in [7, 11) is 1.70. The van der Waals surface area contributed by atoms with Gasteiger partial charge >= 0.3 is 0 Å². The van der Waals surface area contributed by atoms with E-state index in [-0.39, 0.29) is 0 Å². The molecule has 1 aliphatic heterocycles. The van der Waals surface area contributed by atoms with Gasteiger partial charge in [0.2, 0.25) is 0 Å². The summed E-state index contributed by atoms with van der Waals surface area (Å²) in [5.74, 6) is 0.882. The van der Waals surface area contributed by atoms with Crippen LogP contribution in [0.25, 0.3) is 0 Å². The van der Waals surface area contributed by atoms with Crippen LogP contribution in [-0.2, 0) is 22.4 Å². The van der Waals surface area contributed by atoms with Gasteiger partial charge in [-0.15, -0.1) is 0 Å². The predicted octanol–water partition coefficient (Wildman–Crippen LogP) is 0.934. The Labute approximate surface area is 108 Å². The maximum Gasteiger partial charge on any atom is 0.131 e. The van der Waals surface area contributed by atoms with Crippen molar-refractivity contribution in [2.45, 2.75) is 31.9 Å². The predicted molar refractivity (Wildman–Crippen MR) is 68.3 cm³/mol. The van der Waals surface area contributed by atoms with E-state index in [1.165, 1.54) is 0 Å². The molecule has 1 fully saturated rings. The van der Waals surface area contributed by atoms with Crippen molar-refractivity contribution in [1.82, 2.24) is 15.3 Å². The fourth-order valence-electron chi connectivity index (χ4n) is 2.04. The molecule has 1 aromatic rings. The molecule has 0 aromatic carbocycles. The van der Waals surface area contributed by atoms with Crippen molar-refractivity contribution < 1.29 is 9.47 Å². The van der Waals surface area contributed by atoms with E-state index in [1.54, 1.807) is 7.11 Å². The molecule has 100 valence electrons. The van der Waals surface area contributed by atoms with Crippen molar-refractivity contribution in [3.63, 3.8) is 0 Å². The van der Waals surface area contributed by atoms with E-state index in [2.05, 4.69) is 15.3 Å². The molecule has 1 N–H and O–H groups in total. The molecule has 0 radical (unpaired) electrons. The Hall–Kier alpha value is -1.04. The SMILES string of the molecule is COCCNCc1ccnc(CC2CCCO2)n1. The molecule has 0 amide bonds. The van der Waals surface area contributed by atoms with Gasteiger partial charge in [-0.3, -0.25) is 0 Å². The Morgan fingerprint density at radius 3 is 3.28 bits per heavy atom. The Morgan fingerprint density at radius 1 is 1.56 bits per heavy atom. The first-order valence-corrected chi connectivity index (χ1v) is 6.50. The van der Waals surface area contributed by atoms with Gasteiger partial charge in [0.25, 0.3) is 0 Å². The zero-order valence-electron chi connectivity index (χ0n) is 10.9. The van der Waals surface area contributed by atoms with E-state index >= 15 is 0 Å². The van der Waals surface area contributed by atoms with E-state index in [0.29, 0.717) is 12.7 Å². The molecule has 2 rings (SSSR count). The number of aromatic nitrogens is 2. The van der Waals surface area contributed by atoms with Crippen LogP contribution in [0.4, 0.5) is 0 Å². The minimum Gasteiger partial charge on any atom is -0.383 e. The zero-order valence-corrected chi connectivity index (χ0v) is 10.9. The van der Waals surface area contributed by atoms with Crippen LogP contribution in [0, 0.1) is 0 Å². The summed E-state index contributed by atoms with van der Waals surface area (Å²) in [6.45, 7) is 3.18. The second-order valence-electron chi connectivity index (χ2n) is 4.47. The number of hydrogen-bond donors (Lipinski definition) is 1. The topological polar surface area (TPSA) is 56.3 Å². The maximum atomic E-state index is 5.60. The van der Waals surface area contributed by atoms with E-state index in [4.69, 9.17) is 9.47 Å². The minimum atomic E-state index is 0.307. The largest absolute Gasteiger partial charge is 0.383 e. The monoisotopic (exact) mass is 251 g/mol.